The molecule has 0 aliphatic rings. The van der Waals surface area contributed by atoms with Gasteiger partial charge < -0.3 is 5.32 Å². The first-order valence-electron chi connectivity index (χ1n) is 4.47. The van der Waals surface area contributed by atoms with Crippen LogP contribution in [0.15, 0.2) is 18.3 Å². The van der Waals surface area contributed by atoms with Crippen LogP contribution in [0, 0.1) is 6.92 Å². The van der Waals surface area contributed by atoms with Crippen LogP contribution >= 0.6 is 12.6 Å². The summed E-state index contributed by atoms with van der Waals surface area (Å²) in [5, 5.41) is 2.47. The molecule has 1 rings (SSSR count). The maximum Gasteiger partial charge on any atom is 0.232 e. The average molecular weight is 210 g/mol. The predicted molar refractivity (Wildman–Crippen MR) is 59.3 cm³/mol. The molecule has 14 heavy (non-hydrogen) atoms. The summed E-state index contributed by atoms with van der Waals surface area (Å²) in [7, 11) is 0. The second-order valence-electron chi connectivity index (χ2n) is 3.22. The van der Waals surface area contributed by atoms with E-state index in [-0.39, 0.29) is 11.2 Å². The summed E-state index contributed by atoms with van der Waals surface area (Å²) in [4.78, 5) is 15.3. The van der Waals surface area contributed by atoms with Crippen LogP contribution in [0.3, 0.4) is 0 Å². The SMILES string of the molecule is Cc1ccnc(CNC(=O)C(C)S)c1. The number of pyridine rings is 1. The molecule has 0 aromatic carbocycles. The first-order valence-corrected chi connectivity index (χ1v) is 4.98. The van der Waals surface area contributed by atoms with E-state index >= 15 is 0 Å². The molecule has 0 bridgehead atoms. The Labute approximate surface area is 89.3 Å². The third-order valence-corrected chi connectivity index (χ3v) is 2.03. The van der Waals surface area contributed by atoms with Crippen LogP contribution in [-0.4, -0.2) is 16.1 Å². The van der Waals surface area contributed by atoms with Gasteiger partial charge in [0.05, 0.1) is 17.5 Å². The summed E-state index contributed by atoms with van der Waals surface area (Å²) >= 11 is 4.03. The highest BCUT2D eigenvalue weighted by molar-refractivity contribution is 7.81. The van der Waals surface area contributed by atoms with Gasteiger partial charge in [-0.05, 0) is 31.5 Å². The van der Waals surface area contributed by atoms with Crippen molar-refractivity contribution >= 4 is 18.5 Å². The number of aryl methyl sites for hydroxylation is 1. The molecule has 1 atom stereocenters. The lowest BCUT2D eigenvalue weighted by molar-refractivity contribution is -0.120. The Morgan fingerprint density at radius 1 is 1.71 bits per heavy atom. The molecule has 3 nitrogen and oxygen atoms in total. The van der Waals surface area contributed by atoms with Gasteiger partial charge in [0.2, 0.25) is 5.91 Å². The average Bonchev–Trinajstić information content (AvgIpc) is 2.14. The lowest BCUT2D eigenvalue weighted by Crippen LogP contribution is -2.29. The molecule has 1 N–H and O–H groups in total. The molecule has 0 radical (unpaired) electrons. The second kappa shape index (κ2) is 5.00. The second-order valence-corrected chi connectivity index (χ2v) is 3.99. The number of carbonyl (C=O) groups excluding carboxylic acids is 1. The van der Waals surface area contributed by atoms with Crippen molar-refractivity contribution in [2.75, 3.05) is 0 Å². The number of nitrogens with one attached hydrogen (secondary N) is 1. The zero-order chi connectivity index (χ0) is 10.6. The van der Waals surface area contributed by atoms with Gasteiger partial charge in [0.25, 0.3) is 0 Å². The van der Waals surface area contributed by atoms with E-state index in [0.717, 1.165) is 11.3 Å². The van der Waals surface area contributed by atoms with Gasteiger partial charge in [-0.2, -0.15) is 12.6 Å². The van der Waals surface area contributed by atoms with Gasteiger partial charge in [-0.25, -0.2) is 0 Å². The lowest BCUT2D eigenvalue weighted by atomic mass is 10.2. The van der Waals surface area contributed by atoms with Gasteiger partial charge in [-0.15, -0.1) is 0 Å². The Balaban J connectivity index is 2.50. The van der Waals surface area contributed by atoms with E-state index in [4.69, 9.17) is 0 Å². The van der Waals surface area contributed by atoms with Crippen LogP contribution in [0.5, 0.6) is 0 Å². The smallest absolute Gasteiger partial charge is 0.232 e. The van der Waals surface area contributed by atoms with Crippen LogP contribution in [0.4, 0.5) is 0 Å². The van der Waals surface area contributed by atoms with Crippen LogP contribution in [-0.2, 0) is 11.3 Å². The fourth-order valence-corrected chi connectivity index (χ4v) is 1.11. The molecule has 1 aromatic rings. The van der Waals surface area contributed by atoms with Gasteiger partial charge in [0, 0.05) is 6.20 Å². The van der Waals surface area contributed by atoms with E-state index < -0.39 is 0 Å². The van der Waals surface area contributed by atoms with Crippen LogP contribution < -0.4 is 5.32 Å². The van der Waals surface area contributed by atoms with Crippen molar-refractivity contribution in [3.63, 3.8) is 0 Å². The number of carbonyl (C=O) groups is 1. The molecule has 1 heterocycles. The van der Waals surface area contributed by atoms with Crippen molar-refractivity contribution in [1.29, 1.82) is 0 Å². The molecular weight excluding hydrogens is 196 g/mol. The highest BCUT2D eigenvalue weighted by Crippen LogP contribution is 2.00. The number of nitrogens with zero attached hydrogens (tertiary/aromatic N) is 1. The monoisotopic (exact) mass is 210 g/mol. The molecule has 0 aliphatic heterocycles. The topological polar surface area (TPSA) is 42.0 Å². The molecule has 76 valence electrons. The van der Waals surface area contributed by atoms with Gasteiger partial charge in [-0.3, -0.25) is 9.78 Å². The zero-order valence-electron chi connectivity index (χ0n) is 8.32. The van der Waals surface area contributed by atoms with Crippen LogP contribution in [0.1, 0.15) is 18.2 Å². The highest BCUT2D eigenvalue weighted by Gasteiger charge is 2.06. The maximum atomic E-state index is 11.2. The van der Waals surface area contributed by atoms with E-state index in [0.29, 0.717) is 6.54 Å². The summed E-state index contributed by atoms with van der Waals surface area (Å²) < 4.78 is 0. The minimum atomic E-state index is -0.278. The summed E-state index contributed by atoms with van der Waals surface area (Å²) in [6.45, 7) is 4.20. The molecule has 1 aromatic heterocycles. The fourth-order valence-electron chi connectivity index (χ4n) is 1.02. The predicted octanol–water partition coefficient (Wildman–Crippen LogP) is 1.32. The molecule has 0 fully saturated rings. The normalized spacial score (nSPS) is 12.2. The van der Waals surface area contributed by atoms with Crippen molar-refractivity contribution in [3.8, 4) is 0 Å². The molecular formula is C10H14N2OS. The van der Waals surface area contributed by atoms with Crippen molar-refractivity contribution in [2.24, 2.45) is 0 Å². The standard InChI is InChI=1S/C10H14N2OS/c1-7-3-4-11-9(5-7)6-12-10(13)8(2)14/h3-5,8,14H,6H2,1-2H3,(H,12,13). The molecule has 1 amide bonds. The van der Waals surface area contributed by atoms with Crippen LogP contribution in [0.2, 0.25) is 0 Å². The molecule has 0 saturated carbocycles. The van der Waals surface area contributed by atoms with Gasteiger partial charge >= 0.3 is 0 Å². The lowest BCUT2D eigenvalue weighted by Gasteiger charge is -2.06. The Kier molecular flexibility index (Phi) is 3.95. The largest absolute Gasteiger partial charge is 0.350 e. The van der Waals surface area contributed by atoms with Crippen molar-refractivity contribution in [1.82, 2.24) is 10.3 Å². The third kappa shape index (κ3) is 3.38. The number of thiol groups is 1. The van der Waals surface area contributed by atoms with E-state index in [1.54, 1.807) is 13.1 Å². The van der Waals surface area contributed by atoms with Gasteiger partial charge in [0.1, 0.15) is 0 Å². The summed E-state index contributed by atoms with van der Waals surface area (Å²) in [5.41, 5.74) is 2.01. The minimum Gasteiger partial charge on any atom is -0.350 e. The fraction of sp³-hybridized carbons (Fsp3) is 0.400. The molecule has 1 unspecified atom stereocenters. The van der Waals surface area contributed by atoms with E-state index in [9.17, 15) is 4.79 Å². The molecule has 4 heteroatoms. The Morgan fingerprint density at radius 2 is 2.43 bits per heavy atom. The van der Waals surface area contributed by atoms with Gasteiger partial charge in [-0.1, -0.05) is 0 Å². The van der Waals surface area contributed by atoms with E-state index in [2.05, 4.69) is 22.9 Å². The van der Waals surface area contributed by atoms with Crippen molar-refractivity contribution in [2.45, 2.75) is 25.6 Å². The van der Waals surface area contributed by atoms with E-state index in [1.165, 1.54) is 0 Å². The first kappa shape index (κ1) is 11.0. The van der Waals surface area contributed by atoms with Crippen LogP contribution in [0.25, 0.3) is 0 Å². The number of rotatable bonds is 3. The zero-order valence-corrected chi connectivity index (χ0v) is 9.21. The Hall–Kier alpha value is -1.03. The third-order valence-electron chi connectivity index (χ3n) is 1.80. The Bertz CT molecular complexity index is 326. The number of aromatic nitrogens is 1. The minimum absolute atomic E-state index is 0.0726. The summed E-state index contributed by atoms with van der Waals surface area (Å²) in [6.07, 6.45) is 1.74. The van der Waals surface area contributed by atoms with Gasteiger partial charge in [0.15, 0.2) is 0 Å². The number of hydrogen-bond donors (Lipinski definition) is 2. The first-order chi connectivity index (χ1) is 6.59. The van der Waals surface area contributed by atoms with E-state index in [1.807, 2.05) is 19.1 Å². The highest BCUT2D eigenvalue weighted by atomic mass is 32.1. The number of amides is 1. The molecule has 0 aliphatic carbocycles. The molecule has 0 spiro atoms. The molecule has 0 saturated heterocycles. The quantitative estimate of drug-likeness (QED) is 0.739. The number of hydrogen-bond acceptors (Lipinski definition) is 3. The maximum absolute atomic E-state index is 11.2. The summed E-state index contributed by atoms with van der Waals surface area (Å²) in [6, 6.07) is 3.87. The van der Waals surface area contributed by atoms with Crippen molar-refractivity contribution < 1.29 is 4.79 Å². The summed E-state index contributed by atoms with van der Waals surface area (Å²) in [5.74, 6) is -0.0726. The Morgan fingerprint density at radius 3 is 3.00 bits per heavy atom. The van der Waals surface area contributed by atoms with Crippen molar-refractivity contribution in [3.05, 3.63) is 29.6 Å².